The maximum absolute atomic E-state index is 13.0. The molecule has 0 aliphatic carbocycles. The summed E-state index contributed by atoms with van der Waals surface area (Å²) in [6.45, 7) is 0. The van der Waals surface area contributed by atoms with Crippen LogP contribution in [0.1, 0.15) is 16.7 Å². The van der Waals surface area contributed by atoms with Crippen LogP contribution in [0.5, 0.6) is 0 Å². The van der Waals surface area contributed by atoms with Crippen molar-refractivity contribution in [2.24, 2.45) is 0 Å². The largest absolute Gasteiger partial charge is 0.417 e. The number of amides is 2. The second-order valence-electron chi connectivity index (χ2n) is 4.12. The topological polar surface area (TPSA) is 46.2 Å². The summed E-state index contributed by atoms with van der Waals surface area (Å²) in [7, 11) is 0. The molecule has 1 fully saturated rings. The number of alkyl halides is 6. The average Bonchev–Trinajstić information content (AvgIpc) is 2.65. The molecule has 2 rings (SSSR count). The molecule has 1 heterocycles. The lowest BCUT2D eigenvalue weighted by Gasteiger charge is -2.17. The quantitative estimate of drug-likeness (QED) is 0.619. The van der Waals surface area contributed by atoms with Crippen molar-refractivity contribution in [2.45, 2.75) is 12.4 Å². The van der Waals surface area contributed by atoms with E-state index in [-0.39, 0.29) is 0 Å². The lowest BCUT2D eigenvalue weighted by atomic mass is 9.99. The first kappa shape index (κ1) is 16.4. The number of thioether (sulfide) groups is 1. The van der Waals surface area contributed by atoms with Crippen LogP contribution in [0.3, 0.4) is 0 Å². The van der Waals surface area contributed by atoms with Crippen molar-refractivity contribution in [3.8, 4) is 0 Å². The third-order valence-corrected chi connectivity index (χ3v) is 3.42. The molecule has 3 nitrogen and oxygen atoms in total. The fraction of sp³-hybridized carbons (Fsp3) is 0.167. The SMILES string of the molecule is O=C1NC(=O)/C(=C\c2cccc(C(F)(F)F)c2C(F)(F)F)S1. The number of rotatable bonds is 1. The van der Waals surface area contributed by atoms with Gasteiger partial charge in [-0.15, -0.1) is 0 Å². The fourth-order valence-electron chi connectivity index (χ4n) is 1.81. The highest BCUT2D eigenvalue weighted by atomic mass is 32.2. The van der Waals surface area contributed by atoms with E-state index in [0.717, 1.165) is 12.1 Å². The maximum Gasteiger partial charge on any atom is 0.417 e. The molecule has 10 heteroatoms. The lowest BCUT2D eigenvalue weighted by molar-refractivity contribution is -0.162. The first-order valence-electron chi connectivity index (χ1n) is 5.52. The Morgan fingerprint density at radius 1 is 1.00 bits per heavy atom. The lowest BCUT2D eigenvalue weighted by Crippen LogP contribution is -2.19. The van der Waals surface area contributed by atoms with Crippen LogP contribution in [0.4, 0.5) is 31.1 Å². The molecule has 0 atom stereocenters. The third-order valence-electron chi connectivity index (χ3n) is 2.61. The van der Waals surface area contributed by atoms with Crippen molar-refractivity contribution < 1.29 is 35.9 Å². The number of imide groups is 1. The minimum absolute atomic E-state index is 0.303. The summed E-state index contributed by atoms with van der Waals surface area (Å²) in [4.78, 5) is 21.8. The van der Waals surface area contributed by atoms with Crippen LogP contribution in [0.2, 0.25) is 0 Å². The molecule has 0 spiro atoms. The molecule has 1 aromatic carbocycles. The van der Waals surface area contributed by atoms with E-state index in [4.69, 9.17) is 0 Å². The van der Waals surface area contributed by atoms with E-state index < -0.39 is 45.1 Å². The van der Waals surface area contributed by atoms with Gasteiger partial charge in [0, 0.05) is 0 Å². The summed E-state index contributed by atoms with van der Waals surface area (Å²) < 4.78 is 77.2. The third kappa shape index (κ3) is 3.26. The van der Waals surface area contributed by atoms with E-state index in [1.165, 1.54) is 0 Å². The summed E-state index contributed by atoms with van der Waals surface area (Å²) in [6, 6.07) is 1.89. The average molecular weight is 341 g/mol. The van der Waals surface area contributed by atoms with Crippen molar-refractivity contribution in [1.82, 2.24) is 5.32 Å². The van der Waals surface area contributed by atoms with Crippen LogP contribution in [-0.2, 0) is 17.1 Å². The smallest absolute Gasteiger partial charge is 0.282 e. The van der Waals surface area contributed by atoms with E-state index in [2.05, 4.69) is 0 Å². The normalized spacial score (nSPS) is 18.0. The number of hydrogen-bond acceptors (Lipinski definition) is 3. The first-order valence-corrected chi connectivity index (χ1v) is 6.34. The van der Waals surface area contributed by atoms with Crippen molar-refractivity contribution in [2.75, 3.05) is 0 Å². The second-order valence-corrected chi connectivity index (χ2v) is 5.13. The number of halogens is 6. The first-order chi connectivity index (χ1) is 10.00. The van der Waals surface area contributed by atoms with E-state index in [9.17, 15) is 35.9 Å². The summed E-state index contributed by atoms with van der Waals surface area (Å²) in [6.07, 6.45) is -9.87. The Morgan fingerprint density at radius 2 is 1.64 bits per heavy atom. The Bertz CT molecular complexity index is 677. The van der Waals surface area contributed by atoms with E-state index in [1.54, 1.807) is 5.32 Å². The molecule has 1 aliphatic heterocycles. The second kappa shape index (κ2) is 5.34. The molecule has 1 aromatic rings. The summed E-state index contributed by atoms with van der Waals surface area (Å²) in [5.41, 5.74) is -4.60. The molecular formula is C12H5F6NO2S. The van der Waals surface area contributed by atoms with Crippen LogP contribution >= 0.6 is 11.8 Å². The minimum atomic E-state index is -5.28. The Balaban J connectivity index is 2.65. The van der Waals surface area contributed by atoms with Gasteiger partial charge in [0.1, 0.15) is 0 Å². The Kier molecular flexibility index (Phi) is 3.98. The molecule has 118 valence electrons. The summed E-state index contributed by atoms with van der Waals surface area (Å²) >= 11 is 0.314. The zero-order valence-corrected chi connectivity index (χ0v) is 11.1. The summed E-state index contributed by atoms with van der Waals surface area (Å²) in [5, 5.41) is 0.995. The predicted octanol–water partition coefficient (Wildman–Crippen LogP) is 4.05. The Hall–Kier alpha value is -1.97. The van der Waals surface area contributed by atoms with E-state index >= 15 is 0 Å². The highest BCUT2D eigenvalue weighted by Crippen LogP contribution is 2.43. The zero-order chi connectivity index (χ0) is 16.7. The number of benzene rings is 1. The van der Waals surface area contributed by atoms with E-state index in [1.807, 2.05) is 0 Å². The van der Waals surface area contributed by atoms with E-state index in [0.29, 0.717) is 23.9 Å². The van der Waals surface area contributed by atoms with Gasteiger partial charge in [0.2, 0.25) is 0 Å². The van der Waals surface area contributed by atoms with Gasteiger partial charge in [0.25, 0.3) is 11.1 Å². The van der Waals surface area contributed by atoms with Crippen LogP contribution < -0.4 is 5.32 Å². The number of nitrogens with one attached hydrogen (secondary N) is 1. The molecular weight excluding hydrogens is 336 g/mol. The zero-order valence-electron chi connectivity index (χ0n) is 10.3. The predicted molar refractivity (Wildman–Crippen MR) is 65.6 cm³/mol. The highest BCUT2D eigenvalue weighted by molar-refractivity contribution is 8.18. The fourth-order valence-corrected chi connectivity index (χ4v) is 2.48. The van der Waals surface area contributed by atoms with Crippen molar-refractivity contribution in [3.05, 3.63) is 39.8 Å². The van der Waals surface area contributed by atoms with Gasteiger partial charge in [-0.2, -0.15) is 26.3 Å². The molecule has 2 amide bonds. The van der Waals surface area contributed by atoms with Gasteiger partial charge in [-0.1, -0.05) is 12.1 Å². The molecule has 0 bridgehead atoms. The molecule has 1 saturated heterocycles. The maximum atomic E-state index is 13.0. The van der Waals surface area contributed by atoms with Crippen molar-refractivity contribution >= 4 is 29.0 Å². The molecule has 0 aromatic heterocycles. The van der Waals surface area contributed by atoms with Crippen molar-refractivity contribution in [1.29, 1.82) is 0 Å². The molecule has 1 aliphatic rings. The number of hydrogen-bond donors (Lipinski definition) is 1. The highest BCUT2D eigenvalue weighted by Gasteiger charge is 2.44. The van der Waals surface area contributed by atoms with Gasteiger partial charge in [-0.25, -0.2) is 0 Å². The van der Waals surface area contributed by atoms with Gasteiger partial charge in [0.15, 0.2) is 0 Å². The van der Waals surface area contributed by atoms with Gasteiger partial charge < -0.3 is 0 Å². The van der Waals surface area contributed by atoms with Crippen LogP contribution in [0.25, 0.3) is 6.08 Å². The minimum Gasteiger partial charge on any atom is -0.282 e. The van der Waals surface area contributed by atoms with Crippen LogP contribution in [0.15, 0.2) is 23.1 Å². The van der Waals surface area contributed by atoms with Crippen molar-refractivity contribution in [3.63, 3.8) is 0 Å². The Morgan fingerprint density at radius 3 is 2.09 bits per heavy atom. The van der Waals surface area contributed by atoms with Gasteiger partial charge in [-0.3, -0.25) is 14.9 Å². The van der Waals surface area contributed by atoms with Crippen LogP contribution in [0, 0.1) is 0 Å². The number of carbonyl (C=O) groups excluding carboxylic acids is 2. The summed E-state index contributed by atoms with van der Waals surface area (Å²) in [5.74, 6) is -0.958. The van der Waals surface area contributed by atoms with Gasteiger partial charge in [-0.05, 0) is 29.5 Å². The van der Waals surface area contributed by atoms with Crippen LogP contribution in [-0.4, -0.2) is 11.1 Å². The molecule has 22 heavy (non-hydrogen) atoms. The standard InChI is InChI=1S/C12H5F6NO2S/c13-11(14,15)6-3-1-2-5(8(6)12(16,17)18)4-7-9(20)19-10(21)22-7/h1-4H,(H,19,20,21)/b7-4+. The molecule has 0 saturated carbocycles. The van der Waals surface area contributed by atoms with Gasteiger partial charge >= 0.3 is 12.4 Å². The monoisotopic (exact) mass is 341 g/mol. The number of carbonyl (C=O) groups is 2. The molecule has 0 radical (unpaired) electrons. The van der Waals surface area contributed by atoms with Gasteiger partial charge in [0.05, 0.1) is 16.0 Å². The molecule has 1 N–H and O–H groups in total. The Labute approximate surface area is 123 Å². The molecule has 0 unspecified atom stereocenters.